The molecular weight excluding hydrogens is 491 g/mol. The smallest absolute Gasteiger partial charge is 0.326 e. The van der Waals surface area contributed by atoms with Crippen LogP contribution < -0.4 is 0 Å². The number of sulfone groups is 1. The van der Waals surface area contributed by atoms with Gasteiger partial charge in [-0.2, -0.15) is 35.1 Å². The highest BCUT2D eigenvalue weighted by Gasteiger charge is 2.59. The Hall–Kier alpha value is -2.77. The van der Waals surface area contributed by atoms with Gasteiger partial charge in [-0.15, -0.1) is 0 Å². The predicted molar refractivity (Wildman–Crippen MR) is 98.8 cm³/mol. The van der Waals surface area contributed by atoms with Crippen molar-refractivity contribution in [1.29, 1.82) is 0 Å². The summed E-state index contributed by atoms with van der Waals surface area (Å²) in [6.07, 6.45) is -10.7. The summed E-state index contributed by atoms with van der Waals surface area (Å²) in [5.41, 5.74) is -4.60. The Bertz CT molecular complexity index is 1340. The number of aryl methyl sites for hydroxylation is 1. The van der Waals surface area contributed by atoms with Crippen LogP contribution >= 0.6 is 0 Å². The number of aromatic nitrogens is 2. The Morgan fingerprint density at radius 3 is 2.09 bits per heavy atom. The van der Waals surface area contributed by atoms with Crippen molar-refractivity contribution >= 4 is 20.9 Å². The fourth-order valence-corrected chi connectivity index (χ4v) is 4.33. The van der Waals surface area contributed by atoms with Gasteiger partial charge in [0.2, 0.25) is 0 Å². The maximum atomic E-state index is 15.2. The fraction of sp³-hybridized carbons (Fsp3) is 0.316. The third kappa shape index (κ3) is 4.04. The van der Waals surface area contributed by atoms with Crippen LogP contribution in [0.2, 0.25) is 0 Å². The van der Waals surface area contributed by atoms with Gasteiger partial charge in [0.1, 0.15) is 5.65 Å². The van der Waals surface area contributed by atoms with E-state index >= 15 is 4.39 Å². The first-order chi connectivity index (χ1) is 14.9. The van der Waals surface area contributed by atoms with E-state index in [1.807, 2.05) is 0 Å². The first-order valence-corrected chi connectivity index (χ1v) is 10.6. The lowest BCUT2D eigenvalue weighted by molar-refractivity contribution is -0.289. The standard InChI is InChI=1S/C19H13F9N2O2S/c1-3-33(31,32)13-7-9(18(23,24)25)4-5-11(13)15-14(20)12-6-10(8-29-16(12)30(15)2)17(21,22)19(26,27)28/h4-8H,3H2,1-2H3. The molecule has 3 rings (SSSR count). The molecule has 0 amide bonds. The van der Waals surface area contributed by atoms with Gasteiger partial charge in [0, 0.05) is 24.4 Å². The summed E-state index contributed by atoms with van der Waals surface area (Å²) in [5.74, 6) is -7.43. The van der Waals surface area contributed by atoms with Crippen molar-refractivity contribution in [2.24, 2.45) is 7.05 Å². The summed E-state index contributed by atoms with van der Waals surface area (Å²) in [7, 11) is -3.24. The Morgan fingerprint density at radius 1 is 0.970 bits per heavy atom. The molecular formula is C19H13F9N2O2S. The lowest BCUT2D eigenvalue weighted by Crippen LogP contribution is -2.33. The van der Waals surface area contributed by atoms with Crippen molar-refractivity contribution in [3.05, 3.63) is 47.4 Å². The number of rotatable bonds is 4. The summed E-state index contributed by atoms with van der Waals surface area (Å²) in [5, 5.41) is -0.798. The van der Waals surface area contributed by atoms with Gasteiger partial charge in [-0.25, -0.2) is 17.8 Å². The lowest BCUT2D eigenvalue weighted by Gasteiger charge is -2.19. The van der Waals surface area contributed by atoms with Crippen LogP contribution in [0.25, 0.3) is 22.3 Å². The first kappa shape index (κ1) is 24.9. The summed E-state index contributed by atoms with van der Waals surface area (Å²) in [4.78, 5) is 2.57. The molecule has 0 spiro atoms. The van der Waals surface area contributed by atoms with E-state index in [9.17, 15) is 43.5 Å². The number of nitrogens with zero attached hydrogens (tertiary/aromatic N) is 2. The molecule has 0 aliphatic heterocycles. The van der Waals surface area contributed by atoms with Crippen LogP contribution in [0.3, 0.4) is 0 Å². The number of halogens is 9. The highest BCUT2D eigenvalue weighted by atomic mass is 32.2. The minimum Gasteiger partial charge on any atom is -0.326 e. The fourth-order valence-electron chi connectivity index (χ4n) is 3.21. The van der Waals surface area contributed by atoms with Crippen molar-refractivity contribution in [3.63, 3.8) is 0 Å². The van der Waals surface area contributed by atoms with Gasteiger partial charge >= 0.3 is 18.3 Å². The molecule has 0 aliphatic rings. The van der Waals surface area contributed by atoms with Gasteiger partial charge in [-0.3, -0.25) is 0 Å². The van der Waals surface area contributed by atoms with E-state index < -0.39 is 78.0 Å². The molecule has 0 radical (unpaired) electrons. The van der Waals surface area contributed by atoms with E-state index in [-0.39, 0.29) is 12.3 Å². The molecule has 2 aromatic heterocycles. The molecule has 0 saturated heterocycles. The second-order valence-corrected chi connectivity index (χ2v) is 9.25. The zero-order valence-corrected chi connectivity index (χ0v) is 17.4. The largest absolute Gasteiger partial charge is 0.458 e. The van der Waals surface area contributed by atoms with Crippen LogP contribution in [-0.4, -0.2) is 29.9 Å². The molecule has 180 valence electrons. The summed E-state index contributed by atoms with van der Waals surface area (Å²) >= 11 is 0. The number of benzene rings is 1. The minimum atomic E-state index is -5.99. The average molecular weight is 504 g/mol. The van der Waals surface area contributed by atoms with E-state index in [0.717, 1.165) is 18.5 Å². The van der Waals surface area contributed by atoms with Crippen molar-refractivity contribution in [1.82, 2.24) is 9.55 Å². The second kappa shape index (κ2) is 7.64. The van der Waals surface area contributed by atoms with E-state index in [2.05, 4.69) is 4.98 Å². The SMILES string of the molecule is CCS(=O)(=O)c1cc(C(F)(F)F)ccc1-c1c(F)c2cc(C(F)(F)C(F)(F)F)cnc2n1C. The van der Waals surface area contributed by atoms with E-state index in [4.69, 9.17) is 0 Å². The summed E-state index contributed by atoms with van der Waals surface area (Å²) < 4.78 is 146. The maximum Gasteiger partial charge on any atom is 0.458 e. The Kier molecular flexibility index (Phi) is 5.75. The predicted octanol–water partition coefficient (Wildman–Crippen LogP) is 5.85. The molecule has 33 heavy (non-hydrogen) atoms. The average Bonchev–Trinajstić information content (AvgIpc) is 2.95. The molecule has 0 bridgehead atoms. The van der Waals surface area contributed by atoms with Crippen LogP contribution in [0.15, 0.2) is 35.4 Å². The molecule has 0 fully saturated rings. The van der Waals surface area contributed by atoms with Crippen molar-refractivity contribution in [2.75, 3.05) is 5.75 Å². The molecule has 14 heteroatoms. The van der Waals surface area contributed by atoms with Gasteiger partial charge in [-0.1, -0.05) is 13.0 Å². The van der Waals surface area contributed by atoms with Crippen molar-refractivity contribution < 1.29 is 47.9 Å². The molecule has 4 nitrogen and oxygen atoms in total. The van der Waals surface area contributed by atoms with Gasteiger partial charge in [-0.05, 0) is 18.2 Å². The van der Waals surface area contributed by atoms with Gasteiger partial charge in [0.15, 0.2) is 15.7 Å². The molecule has 0 atom stereocenters. The minimum absolute atomic E-state index is 0.190. The van der Waals surface area contributed by atoms with Crippen LogP contribution in [-0.2, 0) is 29.0 Å². The van der Waals surface area contributed by atoms with E-state index in [0.29, 0.717) is 18.2 Å². The van der Waals surface area contributed by atoms with Crippen molar-refractivity contribution in [3.8, 4) is 11.3 Å². The summed E-state index contributed by atoms with van der Waals surface area (Å²) in [6, 6.07) is 1.71. The van der Waals surface area contributed by atoms with E-state index in [1.54, 1.807) is 0 Å². The lowest BCUT2D eigenvalue weighted by atomic mass is 10.1. The monoisotopic (exact) mass is 504 g/mol. The molecule has 0 saturated carbocycles. The number of hydrogen-bond acceptors (Lipinski definition) is 3. The quantitative estimate of drug-likeness (QED) is 0.420. The first-order valence-electron chi connectivity index (χ1n) is 8.96. The molecule has 3 aromatic rings. The maximum absolute atomic E-state index is 15.2. The van der Waals surface area contributed by atoms with Crippen LogP contribution in [0.4, 0.5) is 39.5 Å². The molecule has 0 N–H and O–H groups in total. The van der Waals surface area contributed by atoms with Gasteiger partial charge in [0.05, 0.1) is 27.3 Å². The Morgan fingerprint density at radius 2 is 1.58 bits per heavy atom. The number of fused-ring (bicyclic) bond motifs is 1. The number of pyridine rings is 1. The van der Waals surface area contributed by atoms with Gasteiger partial charge in [0.25, 0.3) is 0 Å². The number of hydrogen-bond donors (Lipinski definition) is 0. The van der Waals surface area contributed by atoms with Crippen molar-refractivity contribution in [2.45, 2.75) is 30.1 Å². The normalized spacial score (nSPS) is 13.7. The Labute approximate surface area is 180 Å². The molecule has 0 aliphatic carbocycles. The van der Waals surface area contributed by atoms with Crippen LogP contribution in [0, 0.1) is 5.82 Å². The molecule has 1 aromatic carbocycles. The zero-order valence-electron chi connectivity index (χ0n) is 16.6. The Balaban J connectivity index is 2.35. The highest BCUT2D eigenvalue weighted by Crippen LogP contribution is 2.45. The second-order valence-electron chi connectivity index (χ2n) is 7.00. The third-order valence-corrected chi connectivity index (χ3v) is 6.73. The zero-order chi connectivity index (χ0) is 25.1. The summed E-state index contributed by atoms with van der Waals surface area (Å²) in [6.45, 7) is 1.14. The number of alkyl halides is 8. The van der Waals surface area contributed by atoms with Gasteiger partial charge < -0.3 is 4.57 Å². The molecule has 2 heterocycles. The third-order valence-electron chi connectivity index (χ3n) is 4.96. The highest BCUT2D eigenvalue weighted by molar-refractivity contribution is 7.91. The van der Waals surface area contributed by atoms with Crippen LogP contribution in [0.5, 0.6) is 0 Å². The topological polar surface area (TPSA) is 52.0 Å². The van der Waals surface area contributed by atoms with Crippen LogP contribution in [0.1, 0.15) is 18.1 Å². The molecule has 0 unspecified atom stereocenters. The van der Waals surface area contributed by atoms with E-state index in [1.165, 1.54) is 0 Å².